The summed E-state index contributed by atoms with van der Waals surface area (Å²) in [5, 5.41) is 12.8. The molecule has 7 nitrogen and oxygen atoms in total. The van der Waals surface area contributed by atoms with Crippen LogP contribution in [0.5, 0.6) is 0 Å². The van der Waals surface area contributed by atoms with Gasteiger partial charge in [-0.15, -0.1) is 10.2 Å². The Labute approximate surface area is 177 Å². The molecule has 0 atom stereocenters. The van der Waals surface area contributed by atoms with Crippen molar-refractivity contribution in [2.75, 3.05) is 5.43 Å². The van der Waals surface area contributed by atoms with Crippen LogP contribution < -0.4 is 5.43 Å². The van der Waals surface area contributed by atoms with E-state index in [1.54, 1.807) is 42.7 Å². The molecule has 0 radical (unpaired) electrons. The number of nitrogens with one attached hydrogen (secondary N) is 1. The highest BCUT2D eigenvalue weighted by Crippen LogP contribution is 2.25. The summed E-state index contributed by atoms with van der Waals surface area (Å²) in [4.78, 5) is 17.1. The summed E-state index contributed by atoms with van der Waals surface area (Å²) in [5.41, 5.74) is 6.04. The lowest BCUT2D eigenvalue weighted by Crippen LogP contribution is -2.13. The number of nitrogens with zero attached hydrogens (tertiary/aromatic N) is 4. The van der Waals surface area contributed by atoms with Gasteiger partial charge in [0.2, 0.25) is 11.7 Å². The third-order valence-electron chi connectivity index (χ3n) is 4.07. The van der Waals surface area contributed by atoms with Crippen molar-refractivity contribution in [1.29, 1.82) is 0 Å². The third-order valence-corrected chi connectivity index (χ3v) is 4.88. The van der Waals surface area contributed by atoms with Crippen molar-refractivity contribution in [2.45, 2.75) is 12.1 Å². The predicted molar refractivity (Wildman–Crippen MR) is 116 cm³/mol. The zero-order chi connectivity index (χ0) is 20.8. The van der Waals surface area contributed by atoms with Crippen molar-refractivity contribution >= 4 is 28.3 Å². The van der Waals surface area contributed by atoms with Crippen molar-refractivity contribution in [3.63, 3.8) is 0 Å². The summed E-state index contributed by atoms with van der Waals surface area (Å²) >= 11 is 1.01. The van der Waals surface area contributed by atoms with Gasteiger partial charge in [-0.3, -0.25) is 15.2 Å². The zero-order valence-corrected chi connectivity index (χ0v) is 16.8. The Morgan fingerprint density at radius 2 is 1.80 bits per heavy atom. The van der Waals surface area contributed by atoms with Gasteiger partial charge in [0, 0.05) is 18.0 Å². The number of carbonyl (C=O) groups is 1. The lowest BCUT2D eigenvalue weighted by molar-refractivity contribution is 0.106. The van der Waals surface area contributed by atoms with Crippen LogP contribution in [0.4, 0.5) is 5.69 Å². The highest BCUT2D eigenvalue weighted by Gasteiger charge is 2.20. The summed E-state index contributed by atoms with van der Waals surface area (Å²) in [7, 11) is 0. The number of aromatic nitrogens is 3. The summed E-state index contributed by atoms with van der Waals surface area (Å²) in [5.74, 6) is 0.0740. The van der Waals surface area contributed by atoms with E-state index in [-0.39, 0.29) is 16.0 Å². The molecule has 0 spiro atoms. The molecule has 8 heteroatoms. The van der Waals surface area contributed by atoms with E-state index in [0.717, 1.165) is 23.0 Å². The summed E-state index contributed by atoms with van der Waals surface area (Å²) in [6, 6.07) is 20.2. The quantitative estimate of drug-likeness (QED) is 0.158. The van der Waals surface area contributed by atoms with Crippen molar-refractivity contribution in [2.24, 2.45) is 5.10 Å². The molecule has 2 heterocycles. The first-order chi connectivity index (χ1) is 14.7. The van der Waals surface area contributed by atoms with Gasteiger partial charge >= 0.3 is 0 Å². The van der Waals surface area contributed by atoms with Gasteiger partial charge in [-0.1, -0.05) is 48.0 Å². The minimum Gasteiger partial charge on any atom is -0.411 e. The van der Waals surface area contributed by atoms with Crippen molar-refractivity contribution in [3.8, 4) is 11.5 Å². The van der Waals surface area contributed by atoms with Crippen LogP contribution in [0.25, 0.3) is 11.5 Å². The summed E-state index contributed by atoms with van der Waals surface area (Å²) in [6.45, 7) is 2.00. The highest BCUT2D eigenvalue weighted by molar-refractivity contribution is 8.15. The van der Waals surface area contributed by atoms with Gasteiger partial charge in [0.05, 0.1) is 11.3 Å². The standard InChI is InChI=1S/C22H17N5O2S/c1-15-9-11-18(12-10-15)24-26-21(19(28)16-6-3-2-4-7-16)30-22-27-25-20(29-22)17-8-5-13-23-14-17/h2-14,24H,1H3/b26-21-. The van der Waals surface area contributed by atoms with Gasteiger partial charge in [-0.05, 0) is 43.0 Å². The topological polar surface area (TPSA) is 93.3 Å². The molecule has 1 N–H and O–H groups in total. The molecule has 30 heavy (non-hydrogen) atoms. The van der Waals surface area contributed by atoms with E-state index < -0.39 is 0 Å². The van der Waals surface area contributed by atoms with E-state index >= 15 is 0 Å². The molecule has 0 aliphatic carbocycles. The summed E-state index contributed by atoms with van der Waals surface area (Å²) < 4.78 is 5.69. The number of benzene rings is 2. The maximum atomic E-state index is 13.0. The van der Waals surface area contributed by atoms with Crippen LogP contribution >= 0.6 is 11.8 Å². The predicted octanol–water partition coefficient (Wildman–Crippen LogP) is 4.84. The zero-order valence-electron chi connectivity index (χ0n) is 16.0. The Kier molecular flexibility index (Phi) is 5.95. The Bertz CT molecular complexity index is 1160. The monoisotopic (exact) mass is 415 g/mol. The first-order valence-corrected chi connectivity index (χ1v) is 9.92. The van der Waals surface area contributed by atoms with Crippen LogP contribution in [0.3, 0.4) is 0 Å². The normalized spacial score (nSPS) is 11.3. The maximum Gasteiger partial charge on any atom is 0.283 e. The van der Waals surface area contributed by atoms with Crippen LogP contribution in [0.2, 0.25) is 0 Å². The Morgan fingerprint density at radius 3 is 2.53 bits per heavy atom. The number of Topliss-reactive ketones (excluding diaryl/α,β-unsaturated/α-hetero) is 1. The van der Waals surface area contributed by atoms with E-state index in [1.165, 1.54) is 0 Å². The number of aryl methyl sites for hydroxylation is 1. The lowest BCUT2D eigenvalue weighted by Gasteiger charge is -2.05. The van der Waals surface area contributed by atoms with E-state index in [2.05, 4.69) is 25.7 Å². The fourth-order valence-corrected chi connectivity index (χ4v) is 3.19. The number of rotatable bonds is 6. The van der Waals surface area contributed by atoms with Crippen molar-refractivity contribution < 1.29 is 9.21 Å². The molecule has 0 amide bonds. The van der Waals surface area contributed by atoms with Crippen molar-refractivity contribution in [3.05, 3.63) is 90.3 Å². The van der Waals surface area contributed by atoms with E-state index in [9.17, 15) is 4.79 Å². The second-order valence-corrected chi connectivity index (χ2v) is 7.25. The molecular formula is C22H17N5O2S. The Morgan fingerprint density at radius 1 is 1.00 bits per heavy atom. The van der Waals surface area contributed by atoms with Gasteiger partial charge in [-0.25, -0.2) is 0 Å². The number of hydrogen-bond acceptors (Lipinski definition) is 8. The van der Waals surface area contributed by atoms with Crippen LogP contribution in [0.1, 0.15) is 15.9 Å². The number of hydrogen-bond donors (Lipinski definition) is 1. The molecule has 0 aliphatic heterocycles. The number of thioether (sulfide) groups is 1. The molecule has 148 valence electrons. The van der Waals surface area contributed by atoms with E-state index in [0.29, 0.717) is 17.0 Å². The number of pyridine rings is 1. The van der Waals surface area contributed by atoms with Crippen molar-refractivity contribution in [1.82, 2.24) is 15.2 Å². The smallest absolute Gasteiger partial charge is 0.283 e. The van der Waals surface area contributed by atoms with Gasteiger partial charge in [0.15, 0.2) is 5.04 Å². The number of hydrazone groups is 1. The lowest BCUT2D eigenvalue weighted by atomic mass is 10.1. The van der Waals surface area contributed by atoms with Gasteiger partial charge in [-0.2, -0.15) is 5.10 Å². The van der Waals surface area contributed by atoms with Gasteiger partial charge in [0.25, 0.3) is 5.22 Å². The maximum absolute atomic E-state index is 13.0. The molecule has 0 saturated carbocycles. The van der Waals surface area contributed by atoms with Crippen LogP contribution in [0.15, 0.2) is 93.9 Å². The van der Waals surface area contributed by atoms with Gasteiger partial charge < -0.3 is 4.42 Å². The summed E-state index contributed by atoms with van der Waals surface area (Å²) in [6.07, 6.45) is 3.29. The number of anilines is 1. The molecule has 4 aromatic rings. The molecule has 2 aromatic carbocycles. The van der Waals surface area contributed by atoms with Crippen LogP contribution in [-0.4, -0.2) is 26.0 Å². The largest absolute Gasteiger partial charge is 0.411 e. The SMILES string of the molecule is Cc1ccc(N/N=C(\Sc2nnc(-c3cccnc3)o2)C(=O)c2ccccc2)cc1. The third kappa shape index (κ3) is 4.79. The first-order valence-electron chi connectivity index (χ1n) is 9.11. The molecule has 0 fully saturated rings. The Hall–Kier alpha value is -3.78. The fraction of sp³-hybridized carbons (Fsp3) is 0.0455. The highest BCUT2D eigenvalue weighted by atomic mass is 32.2. The Balaban J connectivity index is 1.60. The van der Waals surface area contributed by atoms with Gasteiger partial charge in [0.1, 0.15) is 0 Å². The van der Waals surface area contributed by atoms with E-state index in [4.69, 9.17) is 4.42 Å². The molecule has 0 unspecified atom stereocenters. The number of carbonyl (C=O) groups excluding carboxylic acids is 1. The second-order valence-electron chi connectivity index (χ2n) is 6.31. The molecule has 4 rings (SSSR count). The second kappa shape index (κ2) is 9.15. The minimum absolute atomic E-state index is 0.183. The minimum atomic E-state index is -0.249. The molecule has 0 bridgehead atoms. The van der Waals surface area contributed by atoms with Crippen LogP contribution in [0, 0.1) is 6.92 Å². The van der Waals surface area contributed by atoms with Crippen LogP contribution in [-0.2, 0) is 0 Å². The average molecular weight is 415 g/mol. The fourth-order valence-electron chi connectivity index (χ4n) is 2.52. The molecule has 0 aliphatic rings. The van der Waals surface area contributed by atoms with E-state index in [1.807, 2.05) is 43.3 Å². The average Bonchev–Trinajstić information content (AvgIpc) is 3.27. The number of ketones is 1. The molecule has 0 saturated heterocycles. The molecular weight excluding hydrogens is 398 g/mol. The first kappa shape index (κ1) is 19.5. The molecule has 2 aromatic heterocycles.